The van der Waals surface area contributed by atoms with Crippen molar-refractivity contribution in [1.82, 2.24) is 19.7 Å². The fourth-order valence-corrected chi connectivity index (χ4v) is 3.85. The third kappa shape index (κ3) is 3.40. The minimum Gasteiger partial charge on any atom is -0.391 e. The molecule has 2 N–H and O–H groups in total. The number of benzene rings is 1. The van der Waals surface area contributed by atoms with E-state index in [1.165, 1.54) is 0 Å². The first-order chi connectivity index (χ1) is 13.0. The summed E-state index contributed by atoms with van der Waals surface area (Å²) in [5.74, 6) is -0.0371. The van der Waals surface area contributed by atoms with Gasteiger partial charge < -0.3 is 14.6 Å². The second kappa shape index (κ2) is 7.04. The molecule has 1 saturated heterocycles. The number of hydrogen-bond acceptors (Lipinski definition) is 3. The summed E-state index contributed by atoms with van der Waals surface area (Å²) in [6.07, 6.45) is 0.136. The number of likely N-dealkylation sites (tertiary alicyclic amines) is 1. The third-order valence-electron chi connectivity index (χ3n) is 5.33. The summed E-state index contributed by atoms with van der Waals surface area (Å²) < 4.78 is 1.93. The zero-order chi connectivity index (χ0) is 19.0. The molecule has 6 nitrogen and oxygen atoms in total. The summed E-state index contributed by atoms with van der Waals surface area (Å²) in [7, 11) is 1.91. The van der Waals surface area contributed by atoms with Crippen LogP contribution in [0.2, 0.25) is 0 Å². The van der Waals surface area contributed by atoms with Gasteiger partial charge in [0.15, 0.2) is 0 Å². The lowest BCUT2D eigenvalue weighted by atomic mass is 10.0. The lowest BCUT2D eigenvalue weighted by Crippen LogP contribution is -2.31. The quantitative estimate of drug-likeness (QED) is 0.747. The highest BCUT2D eigenvalue weighted by atomic mass is 16.3. The molecule has 0 unspecified atom stereocenters. The van der Waals surface area contributed by atoms with Gasteiger partial charge in [-0.3, -0.25) is 9.89 Å². The molecule has 0 spiro atoms. The van der Waals surface area contributed by atoms with Crippen molar-refractivity contribution in [3.63, 3.8) is 0 Å². The van der Waals surface area contributed by atoms with Crippen molar-refractivity contribution in [2.45, 2.75) is 19.4 Å². The maximum atomic E-state index is 13.0. The zero-order valence-corrected chi connectivity index (χ0v) is 15.6. The van der Waals surface area contributed by atoms with E-state index in [-0.39, 0.29) is 11.8 Å². The molecule has 1 amide bonds. The highest BCUT2D eigenvalue weighted by molar-refractivity contribution is 5.94. The van der Waals surface area contributed by atoms with Crippen molar-refractivity contribution < 1.29 is 9.90 Å². The van der Waals surface area contributed by atoms with E-state index in [0.29, 0.717) is 25.2 Å². The molecular formula is C21H24N4O2. The Balaban J connectivity index is 1.50. The minimum atomic E-state index is -0.528. The number of aromatic nitrogens is 3. The molecule has 1 aliphatic rings. The number of carbonyl (C=O) groups is 1. The van der Waals surface area contributed by atoms with Crippen molar-refractivity contribution in [3.8, 4) is 11.3 Å². The first-order valence-electron chi connectivity index (χ1n) is 9.22. The molecule has 0 radical (unpaired) electrons. The molecule has 6 heteroatoms. The van der Waals surface area contributed by atoms with E-state index in [1.807, 2.05) is 67.1 Å². The SMILES string of the molecule is Cc1cc(C[C@@H]2CN(C(=O)c3ccc(-c4ccccc4)n3C)C[C@H]2O)n[nH]1. The third-order valence-corrected chi connectivity index (χ3v) is 5.33. The fourth-order valence-electron chi connectivity index (χ4n) is 3.85. The Morgan fingerprint density at radius 2 is 2.00 bits per heavy atom. The molecule has 1 fully saturated rings. The summed E-state index contributed by atoms with van der Waals surface area (Å²) in [5, 5.41) is 17.6. The van der Waals surface area contributed by atoms with E-state index >= 15 is 0 Å². The van der Waals surface area contributed by atoms with Crippen molar-refractivity contribution in [2.24, 2.45) is 13.0 Å². The normalized spacial score (nSPS) is 19.6. The standard InChI is InChI=1S/C21H24N4O2/c1-14-10-17(23-22-14)11-16-12-25(13-20(16)26)21(27)19-9-8-18(24(19)2)15-6-4-3-5-7-15/h3-10,16,20,26H,11-13H2,1-2H3,(H,22,23)/t16-,20-/m1/s1. The average molecular weight is 364 g/mol. The van der Waals surface area contributed by atoms with E-state index in [4.69, 9.17) is 0 Å². The summed E-state index contributed by atoms with van der Waals surface area (Å²) in [6.45, 7) is 2.85. The van der Waals surface area contributed by atoms with Crippen LogP contribution in [0, 0.1) is 12.8 Å². The lowest BCUT2D eigenvalue weighted by molar-refractivity contribution is 0.0755. The minimum absolute atomic E-state index is 0.00510. The summed E-state index contributed by atoms with van der Waals surface area (Å²) in [5.41, 5.74) is 4.64. The van der Waals surface area contributed by atoms with Gasteiger partial charge in [-0.05, 0) is 37.1 Å². The summed E-state index contributed by atoms with van der Waals surface area (Å²) in [4.78, 5) is 14.8. The van der Waals surface area contributed by atoms with Crippen LogP contribution < -0.4 is 0 Å². The fraction of sp³-hybridized carbons (Fsp3) is 0.333. The number of carbonyl (C=O) groups excluding carboxylic acids is 1. The summed E-state index contributed by atoms with van der Waals surface area (Å²) >= 11 is 0. The largest absolute Gasteiger partial charge is 0.391 e. The maximum absolute atomic E-state index is 13.0. The number of hydrogen-bond donors (Lipinski definition) is 2. The number of aliphatic hydroxyl groups excluding tert-OH is 1. The molecule has 4 rings (SSSR count). The van der Waals surface area contributed by atoms with Crippen LogP contribution in [-0.2, 0) is 13.5 Å². The number of aliphatic hydroxyl groups is 1. The van der Waals surface area contributed by atoms with E-state index in [9.17, 15) is 9.90 Å². The number of H-pyrrole nitrogens is 1. The highest BCUT2D eigenvalue weighted by Crippen LogP contribution is 2.26. The highest BCUT2D eigenvalue weighted by Gasteiger charge is 2.35. The number of rotatable bonds is 4. The van der Waals surface area contributed by atoms with Gasteiger partial charge in [0.2, 0.25) is 0 Å². The van der Waals surface area contributed by atoms with Crippen molar-refractivity contribution >= 4 is 5.91 Å². The van der Waals surface area contributed by atoms with Gasteiger partial charge in [-0.15, -0.1) is 0 Å². The second-order valence-electron chi connectivity index (χ2n) is 7.31. The molecule has 1 aliphatic heterocycles. The van der Waals surface area contributed by atoms with Gasteiger partial charge in [0.05, 0.1) is 11.8 Å². The molecule has 2 aromatic heterocycles. The predicted octanol–water partition coefficient (Wildman–Crippen LogP) is 2.40. The first kappa shape index (κ1) is 17.5. The molecule has 1 aromatic carbocycles. The van der Waals surface area contributed by atoms with Crippen LogP contribution in [0.3, 0.4) is 0 Å². The van der Waals surface area contributed by atoms with Crippen LogP contribution in [0.4, 0.5) is 0 Å². The second-order valence-corrected chi connectivity index (χ2v) is 7.31. The Kier molecular flexibility index (Phi) is 4.58. The van der Waals surface area contributed by atoms with Crippen molar-refractivity contribution in [1.29, 1.82) is 0 Å². The smallest absolute Gasteiger partial charge is 0.270 e. The predicted molar refractivity (Wildman–Crippen MR) is 103 cm³/mol. The Hall–Kier alpha value is -2.86. The van der Waals surface area contributed by atoms with Crippen molar-refractivity contribution in [3.05, 3.63) is 65.6 Å². The van der Waals surface area contributed by atoms with Crippen LogP contribution in [0.25, 0.3) is 11.3 Å². The Morgan fingerprint density at radius 3 is 2.70 bits per heavy atom. The lowest BCUT2D eigenvalue weighted by Gasteiger charge is -2.17. The van der Waals surface area contributed by atoms with Crippen LogP contribution in [0.5, 0.6) is 0 Å². The number of aryl methyl sites for hydroxylation is 1. The van der Waals surface area contributed by atoms with E-state index < -0.39 is 6.10 Å². The number of β-amino-alcohol motifs (C(OH)–C–C–N with tert-alkyl or cyclic N) is 1. The topological polar surface area (TPSA) is 74.2 Å². The molecule has 0 saturated carbocycles. The zero-order valence-electron chi connectivity index (χ0n) is 15.6. The van der Waals surface area contributed by atoms with Gasteiger partial charge in [0.25, 0.3) is 5.91 Å². The Morgan fingerprint density at radius 1 is 1.22 bits per heavy atom. The molecule has 0 bridgehead atoms. The molecule has 3 heterocycles. The van der Waals surface area contributed by atoms with E-state index in [2.05, 4.69) is 10.2 Å². The van der Waals surface area contributed by atoms with Crippen molar-refractivity contribution in [2.75, 3.05) is 13.1 Å². The van der Waals surface area contributed by atoms with Crippen LogP contribution in [-0.4, -0.2) is 49.9 Å². The summed E-state index contributed by atoms with van der Waals surface area (Å²) in [6, 6.07) is 15.8. The molecular weight excluding hydrogens is 340 g/mol. The van der Waals surface area contributed by atoms with Gasteiger partial charge in [-0.25, -0.2) is 0 Å². The van der Waals surface area contributed by atoms with Gasteiger partial charge >= 0.3 is 0 Å². The van der Waals surface area contributed by atoms with Gasteiger partial charge in [-0.2, -0.15) is 5.10 Å². The average Bonchev–Trinajstić information content (AvgIpc) is 3.35. The van der Waals surface area contributed by atoms with E-state index in [1.54, 1.807) is 4.90 Å². The first-order valence-corrected chi connectivity index (χ1v) is 9.22. The molecule has 0 aliphatic carbocycles. The molecule has 2 atom stereocenters. The Labute approximate surface area is 158 Å². The molecule has 140 valence electrons. The van der Waals surface area contributed by atoms with Gasteiger partial charge in [0.1, 0.15) is 5.69 Å². The van der Waals surface area contributed by atoms with Crippen LogP contribution >= 0.6 is 0 Å². The number of aromatic amines is 1. The van der Waals surface area contributed by atoms with Gasteiger partial charge in [0, 0.05) is 37.4 Å². The molecule has 27 heavy (non-hydrogen) atoms. The molecule has 3 aromatic rings. The monoisotopic (exact) mass is 364 g/mol. The number of nitrogens with one attached hydrogen (secondary N) is 1. The van der Waals surface area contributed by atoms with E-state index in [0.717, 1.165) is 22.6 Å². The number of nitrogens with zero attached hydrogens (tertiary/aromatic N) is 3. The number of amides is 1. The Bertz CT molecular complexity index is 944. The maximum Gasteiger partial charge on any atom is 0.270 e. The van der Waals surface area contributed by atoms with Gasteiger partial charge in [-0.1, -0.05) is 30.3 Å². The van der Waals surface area contributed by atoms with Crippen LogP contribution in [0.1, 0.15) is 21.9 Å². The van der Waals surface area contributed by atoms with Crippen LogP contribution in [0.15, 0.2) is 48.5 Å².